The van der Waals surface area contributed by atoms with Gasteiger partial charge in [-0.25, -0.2) is 0 Å². The molecule has 1 saturated carbocycles. The van der Waals surface area contributed by atoms with E-state index in [0.717, 1.165) is 18.4 Å². The molecular weight excluding hydrogens is 282 g/mol. The van der Waals surface area contributed by atoms with Crippen LogP contribution in [0.2, 0.25) is 0 Å². The molecule has 1 aromatic carbocycles. The number of hydrogen-bond acceptors (Lipinski definition) is 5. The third-order valence-electron chi connectivity index (χ3n) is 3.69. The number of aromatic nitrogens is 2. The van der Waals surface area contributed by atoms with Gasteiger partial charge in [0.25, 0.3) is 5.91 Å². The molecular formula is C16H19N3O3. The number of nitrogens with zero attached hydrogens (tertiary/aromatic N) is 2. The van der Waals surface area contributed by atoms with Crippen molar-refractivity contribution in [3.05, 3.63) is 35.7 Å². The molecule has 1 amide bonds. The van der Waals surface area contributed by atoms with Gasteiger partial charge in [0.15, 0.2) is 0 Å². The third kappa shape index (κ3) is 3.33. The topological polar surface area (TPSA) is 88.2 Å². The maximum absolute atomic E-state index is 12.2. The van der Waals surface area contributed by atoms with Crippen molar-refractivity contribution in [3.8, 4) is 11.4 Å². The second-order valence-electron chi connectivity index (χ2n) is 5.70. The number of carbonyl (C=O) groups is 1. The van der Waals surface area contributed by atoms with Crippen molar-refractivity contribution in [2.45, 2.75) is 38.1 Å². The molecule has 1 aliphatic carbocycles. The molecule has 3 rings (SSSR count). The molecule has 0 aliphatic heterocycles. The minimum atomic E-state index is -0.172. The number of benzene rings is 1. The molecule has 6 nitrogen and oxygen atoms in total. The summed E-state index contributed by atoms with van der Waals surface area (Å²) in [6, 6.07) is 7.08. The highest BCUT2D eigenvalue weighted by atomic mass is 16.5. The van der Waals surface area contributed by atoms with Crippen molar-refractivity contribution in [2.24, 2.45) is 0 Å². The zero-order chi connectivity index (χ0) is 15.5. The van der Waals surface area contributed by atoms with Crippen molar-refractivity contribution in [3.63, 3.8) is 0 Å². The fourth-order valence-corrected chi connectivity index (χ4v) is 2.22. The smallest absolute Gasteiger partial charge is 0.251 e. The first-order chi connectivity index (χ1) is 10.7. The van der Waals surface area contributed by atoms with Crippen molar-refractivity contribution in [2.75, 3.05) is 6.61 Å². The van der Waals surface area contributed by atoms with Crippen molar-refractivity contribution in [1.29, 1.82) is 0 Å². The molecule has 1 aliphatic rings. The van der Waals surface area contributed by atoms with E-state index < -0.39 is 0 Å². The van der Waals surface area contributed by atoms with Crippen molar-refractivity contribution < 1.29 is 14.4 Å². The van der Waals surface area contributed by atoms with Crippen LogP contribution in [0.1, 0.15) is 48.4 Å². The third-order valence-corrected chi connectivity index (χ3v) is 3.69. The molecule has 0 spiro atoms. The lowest BCUT2D eigenvalue weighted by Crippen LogP contribution is -2.33. The van der Waals surface area contributed by atoms with Gasteiger partial charge in [0.2, 0.25) is 11.7 Å². The first kappa shape index (κ1) is 14.7. The maximum atomic E-state index is 12.2. The van der Waals surface area contributed by atoms with Crippen LogP contribution in [0.3, 0.4) is 0 Å². The molecule has 0 saturated heterocycles. The van der Waals surface area contributed by atoms with Crippen LogP contribution in [-0.4, -0.2) is 33.8 Å². The zero-order valence-electron chi connectivity index (χ0n) is 12.5. The Morgan fingerprint density at radius 2 is 2.32 bits per heavy atom. The number of nitrogens with one attached hydrogen (secondary N) is 1. The average Bonchev–Trinajstić information content (AvgIpc) is 3.25. The van der Waals surface area contributed by atoms with Crippen LogP contribution < -0.4 is 5.32 Å². The number of hydrogen-bond donors (Lipinski definition) is 2. The molecule has 0 bridgehead atoms. The number of aliphatic hydroxyl groups excluding tert-OH is 1. The number of aliphatic hydroxyl groups is 1. The molecule has 1 aromatic heterocycles. The molecule has 6 heteroatoms. The Morgan fingerprint density at radius 3 is 3.05 bits per heavy atom. The highest BCUT2D eigenvalue weighted by Crippen LogP contribution is 2.39. The first-order valence-corrected chi connectivity index (χ1v) is 7.53. The van der Waals surface area contributed by atoms with Gasteiger partial charge in [0, 0.05) is 29.7 Å². The normalized spacial score (nSPS) is 15.5. The van der Waals surface area contributed by atoms with Crippen LogP contribution in [0.25, 0.3) is 11.4 Å². The summed E-state index contributed by atoms with van der Waals surface area (Å²) in [6.07, 6.45) is 2.74. The summed E-state index contributed by atoms with van der Waals surface area (Å²) in [5.41, 5.74) is 1.30. The molecule has 1 unspecified atom stereocenters. The Hall–Kier alpha value is -2.21. The summed E-state index contributed by atoms with van der Waals surface area (Å²) in [5.74, 6) is 1.43. The minimum Gasteiger partial charge on any atom is -0.396 e. The molecule has 116 valence electrons. The highest BCUT2D eigenvalue weighted by molar-refractivity contribution is 5.95. The Bertz CT molecular complexity index is 664. The predicted molar refractivity (Wildman–Crippen MR) is 80.3 cm³/mol. The molecule has 1 atom stereocenters. The standard InChI is InChI=1S/C16H19N3O3/c1-10(7-8-20)17-15(21)13-4-2-3-12(9-13)14-18-16(22-19-14)11-5-6-11/h2-4,9-11,20H,5-8H2,1H3,(H,17,21). The first-order valence-electron chi connectivity index (χ1n) is 7.53. The lowest BCUT2D eigenvalue weighted by atomic mass is 10.1. The Kier molecular flexibility index (Phi) is 4.20. The van der Waals surface area contributed by atoms with E-state index in [1.54, 1.807) is 18.2 Å². The summed E-state index contributed by atoms with van der Waals surface area (Å²) in [6.45, 7) is 1.91. The lowest BCUT2D eigenvalue weighted by Gasteiger charge is -2.12. The fourth-order valence-electron chi connectivity index (χ4n) is 2.22. The van der Waals surface area contributed by atoms with Gasteiger partial charge in [-0.2, -0.15) is 4.98 Å². The zero-order valence-corrected chi connectivity index (χ0v) is 12.5. The number of carbonyl (C=O) groups excluding carboxylic acids is 1. The largest absolute Gasteiger partial charge is 0.396 e. The summed E-state index contributed by atoms with van der Waals surface area (Å²) >= 11 is 0. The quantitative estimate of drug-likeness (QED) is 0.853. The van der Waals surface area contributed by atoms with Crippen LogP contribution in [0.4, 0.5) is 0 Å². The van der Waals surface area contributed by atoms with Gasteiger partial charge in [0.05, 0.1) is 0 Å². The van der Waals surface area contributed by atoms with Gasteiger partial charge in [-0.3, -0.25) is 4.79 Å². The van der Waals surface area contributed by atoms with E-state index >= 15 is 0 Å². The lowest BCUT2D eigenvalue weighted by molar-refractivity contribution is 0.0934. The number of rotatable bonds is 6. The van der Waals surface area contributed by atoms with Gasteiger partial charge in [0.1, 0.15) is 0 Å². The maximum Gasteiger partial charge on any atom is 0.251 e. The Labute approximate surface area is 128 Å². The van der Waals surface area contributed by atoms with Crippen LogP contribution in [0.5, 0.6) is 0 Å². The summed E-state index contributed by atoms with van der Waals surface area (Å²) in [4.78, 5) is 16.6. The van der Waals surface area contributed by atoms with Gasteiger partial charge >= 0.3 is 0 Å². The van der Waals surface area contributed by atoms with Gasteiger partial charge in [-0.15, -0.1) is 0 Å². The number of amides is 1. The minimum absolute atomic E-state index is 0.0499. The highest BCUT2D eigenvalue weighted by Gasteiger charge is 2.29. The van der Waals surface area contributed by atoms with E-state index in [9.17, 15) is 4.79 Å². The van der Waals surface area contributed by atoms with Crippen LogP contribution in [0.15, 0.2) is 28.8 Å². The van der Waals surface area contributed by atoms with Crippen LogP contribution in [-0.2, 0) is 0 Å². The predicted octanol–water partition coefficient (Wildman–Crippen LogP) is 2.11. The van der Waals surface area contributed by atoms with Crippen molar-refractivity contribution in [1.82, 2.24) is 15.5 Å². The van der Waals surface area contributed by atoms with Gasteiger partial charge in [-0.05, 0) is 38.3 Å². The van der Waals surface area contributed by atoms with Crippen LogP contribution >= 0.6 is 0 Å². The molecule has 1 fully saturated rings. The van der Waals surface area contributed by atoms with E-state index in [0.29, 0.717) is 29.6 Å². The van der Waals surface area contributed by atoms with Crippen molar-refractivity contribution >= 4 is 5.91 Å². The van der Waals surface area contributed by atoms with Gasteiger partial charge in [-0.1, -0.05) is 17.3 Å². The van der Waals surface area contributed by atoms with Crippen LogP contribution in [0, 0.1) is 0 Å². The SMILES string of the molecule is CC(CCO)NC(=O)c1cccc(-c2noc(C3CC3)n2)c1. The Balaban J connectivity index is 1.75. The summed E-state index contributed by atoms with van der Waals surface area (Å²) in [7, 11) is 0. The van der Waals surface area contributed by atoms with E-state index in [1.807, 2.05) is 13.0 Å². The molecule has 0 radical (unpaired) electrons. The second kappa shape index (κ2) is 6.27. The summed E-state index contributed by atoms with van der Waals surface area (Å²) in [5, 5.41) is 15.7. The molecule has 2 aromatic rings. The van der Waals surface area contributed by atoms with E-state index in [1.165, 1.54) is 0 Å². The summed E-state index contributed by atoms with van der Waals surface area (Å²) < 4.78 is 5.25. The van der Waals surface area contributed by atoms with E-state index in [4.69, 9.17) is 9.63 Å². The fraction of sp³-hybridized carbons (Fsp3) is 0.438. The monoisotopic (exact) mass is 301 g/mol. The second-order valence-corrected chi connectivity index (χ2v) is 5.70. The molecule has 22 heavy (non-hydrogen) atoms. The van der Waals surface area contributed by atoms with E-state index in [2.05, 4.69) is 15.5 Å². The molecule has 1 heterocycles. The van der Waals surface area contributed by atoms with Gasteiger partial charge < -0.3 is 14.9 Å². The molecule has 2 N–H and O–H groups in total. The van der Waals surface area contributed by atoms with E-state index in [-0.39, 0.29) is 18.6 Å². The average molecular weight is 301 g/mol. The Morgan fingerprint density at radius 1 is 1.50 bits per heavy atom.